The van der Waals surface area contributed by atoms with Crippen LogP contribution in [0, 0.1) is 15.6 Å². The summed E-state index contributed by atoms with van der Waals surface area (Å²) in [6.07, 6.45) is 0. The van der Waals surface area contributed by atoms with E-state index in [4.69, 9.17) is 25.3 Å². The molecule has 7 heteroatoms. The summed E-state index contributed by atoms with van der Waals surface area (Å²) in [5.41, 5.74) is 1.60. The highest BCUT2D eigenvalue weighted by Crippen LogP contribution is 2.28. The predicted molar refractivity (Wildman–Crippen MR) is 108 cm³/mol. The van der Waals surface area contributed by atoms with Crippen LogP contribution in [0.1, 0.15) is 19.4 Å². The van der Waals surface area contributed by atoms with E-state index in [2.05, 4.69) is 41.3 Å². The predicted octanol–water partition coefficient (Wildman–Crippen LogP) is 5.21. The Kier molecular flexibility index (Phi) is 6.19. The van der Waals surface area contributed by atoms with Gasteiger partial charge in [0.05, 0.1) is 13.2 Å². The zero-order chi connectivity index (χ0) is 18.6. The highest BCUT2D eigenvalue weighted by atomic mass is 127. The molecule has 0 radical (unpaired) electrons. The molecule has 1 heterocycles. The van der Waals surface area contributed by atoms with Gasteiger partial charge in [0.15, 0.2) is 5.69 Å². The zero-order valence-electron chi connectivity index (χ0n) is 14.7. The summed E-state index contributed by atoms with van der Waals surface area (Å²) in [4.78, 5) is 3.38. The molecule has 0 aromatic heterocycles. The third-order valence-electron chi connectivity index (χ3n) is 3.81. The summed E-state index contributed by atoms with van der Waals surface area (Å²) in [5.74, 6) is 1.40. The van der Waals surface area contributed by atoms with Crippen LogP contribution < -0.4 is 4.74 Å². The number of rotatable bonds is 5. The molecule has 1 aliphatic heterocycles. The number of benzene rings is 2. The summed E-state index contributed by atoms with van der Waals surface area (Å²) in [6, 6.07) is 12.9. The number of nitrogens with zero attached hydrogens (tertiary/aromatic N) is 1. The van der Waals surface area contributed by atoms with E-state index in [1.807, 2.05) is 18.2 Å². The lowest BCUT2D eigenvalue weighted by Crippen LogP contribution is -2.42. The Hall–Kier alpha value is -1.60. The van der Waals surface area contributed by atoms with Gasteiger partial charge in [-0.3, -0.25) is 0 Å². The van der Waals surface area contributed by atoms with Crippen molar-refractivity contribution >= 4 is 35.6 Å². The summed E-state index contributed by atoms with van der Waals surface area (Å²) < 4.78 is 23.9. The van der Waals surface area contributed by atoms with Crippen LogP contribution in [-0.2, 0) is 20.6 Å². The van der Waals surface area contributed by atoms with Crippen LogP contribution >= 0.6 is 22.6 Å². The van der Waals surface area contributed by atoms with Gasteiger partial charge in [0.2, 0.25) is 0 Å². The molecule has 0 bridgehead atoms. The first-order chi connectivity index (χ1) is 12.4. The van der Waals surface area contributed by atoms with Crippen molar-refractivity contribution in [3.63, 3.8) is 0 Å². The molecule has 26 heavy (non-hydrogen) atoms. The maximum atomic E-state index is 6.99. The van der Waals surface area contributed by atoms with E-state index >= 15 is 0 Å². The maximum absolute atomic E-state index is 6.99. The second kappa shape index (κ2) is 8.40. The first-order valence-corrected chi connectivity index (χ1v) is 9.32. The lowest BCUT2D eigenvalue weighted by Gasteiger charge is -2.32. The minimum absolute atomic E-state index is 0.0187. The van der Waals surface area contributed by atoms with Crippen LogP contribution in [0.2, 0.25) is 0 Å². The maximum Gasteiger partial charge on any atom is 0.639 e. The third kappa shape index (κ3) is 5.21. The fraction of sp³-hybridized carbons (Fsp3) is 0.316. The molecule has 0 N–H and O–H groups in total. The Morgan fingerprint density at radius 1 is 1.12 bits per heavy atom. The number of halogens is 1. The van der Waals surface area contributed by atoms with Gasteiger partial charge in [-0.25, -0.2) is 4.85 Å². The van der Waals surface area contributed by atoms with Crippen LogP contribution in [0.5, 0.6) is 11.5 Å². The Morgan fingerprint density at radius 3 is 2.42 bits per heavy atom. The van der Waals surface area contributed by atoms with Crippen molar-refractivity contribution in [2.45, 2.75) is 20.5 Å². The van der Waals surface area contributed by atoms with Crippen molar-refractivity contribution in [3.8, 4) is 11.5 Å². The molecular weight excluding hydrogens is 444 g/mol. The SMILES string of the molecule is [C-]#[N+]c1ccc(Oc2ccc(I)c(COB3OCC(C)(C)CO3)c2)cc1. The average molecular weight is 463 g/mol. The molecule has 134 valence electrons. The molecular formula is C19H19BINO4. The van der Waals surface area contributed by atoms with Crippen molar-refractivity contribution in [1.29, 1.82) is 0 Å². The van der Waals surface area contributed by atoms with Gasteiger partial charge in [-0.1, -0.05) is 26.0 Å². The van der Waals surface area contributed by atoms with E-state index in [0.29, 0.717) is 37.0 Å². The minimum atomic E-state index is -0.635. The Balaban J connectivity index is 1.61. The van der Waals surface area contributed by atoms with Crippen molar-refractivity contribution in [1.82, 2.24) is 0 Å². The molecule has 1 saturated heterocycles. The highest BCUT2D eigenvalue weighted by Gasteiger charge is 2.34. The fourth-order valence-electron chi connectivity index (χ4n) is 2.38. The van der Waals surface area contributed by atoms with Gasteiger partial charge in [0.25, 0.3) is 0 Å². The third-order valence-corrected chi connectivity index (χ3v) is 4.87. The fourth-order valence-corrected chi connectivity index (χ4v) is 2.87. The van der Waals surface area contributed by atoms with E-state index in [0.717, 1.165) is 9.13 Å². The highest BCUT2D eigenvalue weighted by molar-refractivity contribution is 14.1. The van der Waals surface area contributed by atoms with E-state index in [1.54, 1.807) is 24.3 Å². The summed E-state index contributed by atoms with van der Waals surface area (Å²) in [6.45, 7) is 12.8. The van der Waals surface area contributed by atoms with Crippen molar-refractivity contribution < 1.29 is 18.7 Å². The standard InChI is InChI=1S/C19H19BINO4/c1-19(2)12-24-20(25-13-19)23-11-14-10-17(8-9-18(14)21)26-16-6-4-15(22-3)5-7-16/h4-10H,11-13H2,1-2H3. The first-order valence-electron chi connectivity index (χ1n) is 8.24. The largest absolute Gasteiger partial charge is 0.639 e. The molecule has 0 unspecified atom stereocenters. The van der Waals surface area contributed by atoms with Crippen LogP contribution in [0.15, 0.2) is 42.5 Å². The summed E-state index contributed by atoms with van der Waals surface area (Å²) in [5, 5.41) is 0. The van der Waals surface area contributed by atoms with E-state index < -0.39 is 7.32 Å². The van der Waals surface area contributed by atoms with Gasteiger partial charge in [-0.15, -0.1) is 0 Å². The van der Waals surface area contributed by atoms with Crippen LogP contribution in [0.4, 0.5) is 5.69 Å². The molecule has 0 atom stereocenters. The van der Waals surface area contributed by atoms with Crippen LogP contribution in [0.3, 0.4) is 0 Å². The van der Waals surface area contributed by atoms with E-state index in [9.17, 15) is 0 Å². The molecule has 0 spiro atoms. The molecule has 3 rings (SSSR count). The summed E-state index contributed by atoms with van der Waals surface area (Å²) >= 11 is 2.27. The smallest absolute Gasteiger partial charge is 0.457 e. The Labute approximate surface area is 167 Å². The molecule has 2 aromatic carbocycles. The lowest BCUT2D eigenvalue weighted by molar-refractivity contribution is -0.0214. The number of hydrogen-bond acceptors (Lipinski definition) is 4. The molecule has 1 fully saturated rings. The van der Waals surface area contributed by atoms with Gasteiger partial charge in [0, 0.05) is 22.2 Å². The topological polar surface area (TPSA) is 41.3 Å². The van der Waals surface area contributed by atoms with E-state index in [1.165, 1.54) is 0 Å². The van der Waals surface area contributed by atoms with Crippen molar-refractivity contribution in [2.75, 3.05) is 13.2 Å². The molecule has 2 aromatic rings. The van der Waals surface area contributed by atoms with Gasteiger partial charge >= 0.3 is 7.32 Å². The van der Waals surface area contributed by atoms with Gasteiger partial charge in [-0.05, 0) is 58.5 Å². The van der Waals surface area contributed by atoms with Gasteiger partial charge in [0.1, 0.15) is 11.5 Å². The average Bonchev–Trinajstić information content (AvgIpc) is 2.64. The lowest BCUT2D eigenvalue weighted by atomic mass is 9.93. The number of ether oxygens (including phenoxy) is 1. The van der Waals surface area contributed by atoms with Crippen LogP contribution in [0.25, 0.3) is 4.85 Å². The quantitative estimate of drug-likeness (QED) is 0.347. The zero-order valence-corrected chi connectivity index (χ0v) is 16.9. The monoisotopic (exact) mass is 463 g/mol. The van der Waals surface area contributed by atoms with E-state index in [-0.39, 0.29) is 5.41 Å². The molecule has 5 nitrogen and oxygen atoms in total. The van der Waals surface area contributed by atoms with Crippen molar-refractivity contribution in [3.05, 3.63) is 63.0 Å². The second-order valence-corrected chi connectivity index (χ2v) is 8.01. The Bertz CT molecular complexity index is 794. The molecule has 0 saturated carbocycles. The van der Waals surface area contributed by atoms with Crippen molar-refractivity contribution in [2.24, 2.45) is 5.41 Å². The van der Waals surface area contributed by atoms with Gasteiger partial charge in [-0.2, -0.15) is 0 Å². The number of hydrogen-bond donors (Lipinski definition) is 0. The summed E-state index contributed by atoms with van der Waals surface area (Å²) in [7, 11) is -0.635. The molecule has 0 amide bonds. The Morgan fingerprint density at radius 2 is 1.77 bits per heavy atom. The van der Waals surface area contributed by atoms with Crippen LogP contribution in [-0.4, -0.2) is 20.5 Å². The first kappa shape index (κ1) is 19.2. The minimum Gasteiger partial charge on any atom is -0.457 e. The second-order valence-electron chi connectivity index (χ2n) is 6.85. The van der Waals surface area contributed by atoms with Gasteiger partial charge < -0.3 is 18.7 Å². The molecule has 1 aliphatic rings. The normalized spacial score (nSPS) is 16.2. The molecule has 0 aliphatic carbocycles.